The number of carbonyl (C=O) groups is 3. The molecule has 0 bridgehead atoms. The number of benzene rings is 2. The Bertz CT molecular complexity index is 1220. The molecule has 3 N–H and O–H groups in total. The first-order valence-electron chi connectivity index (χ1n) is 11.3. The lowest BCUT2D eigenvalue weighted by molar-refractivity contribution is -0.148. The molecule has 2 heterocycles. The third-order valence-electron chi connectivity index (χ3n) is 6.29. The number of carboxylic acids is 1. The van der Waals surface area contributed by atoms with Crippen LogP contribution in [0.2, 0.25) is 0 Å². The highest BCUT2D eigenvalue weighted by molar-refractivity contribution is 5.92. The van der Waals surface area contributed by atoms with E-state index in [1.54, 1.807) is 6.07 Å². The molecule has 0 spiro atoms. The molecule has 1 aromatic heterocycles. The highest BCUT2D eigenvalue weighted by Crippen LogP contribution is 2.44. The number of hydrogen-bond donors (Lipinski definition) is 3. The van der Waals surface area contributed by atoms with Crippen molar-refractivity contribution in [2.45, 2.75) is 31.0 Å². The molecule has 9 heteroatoms. The third-order valence-corrected chi connectivity index (χ3v) is 6.29. The van der Waals surface area contributed by atoms with Crippen LogP contribution in [-0.2, 0) is 20.8 Å². The van der Waals surface area contributed by atoms with Gasteiger partial charge in [0.05, 0.1) is 12.6 Å². The van der Waals surface area contributed by atoms with E-state index in [2.05, 4.69) is 22.8 Å². The molecule has 9 nitrogen and oxygen atoms in total. The predicted molar refractivity (Wildman–Crippen MR) is 124 cm³/mol. The molecule has 2 amide bonds. The van der Waals surface area contributed by atoms with Gasteiger partial charge in [-0.15, -0.1) is 0 Å². The van der Waals surface area contributed by atoms with E-state index in [1.807, 2.05) is 36.4 Å². The van der Waals surface area contributed by atoms with Gasteiger partial charge in [-0.1, -0.05) is 48.5 Å². The number of carbonyl (C=O) groups excluding carboxylic acids is 2. The van der Waals surface area contributed by atoms with Crippen molar-refractivity contribution in [3.05, 3.63) is 83.3 Å². The van der Waals surface area contributed by atoms with Crippen LogP contribution >= 0.6 is 0 Å². The van der Waals surface area contributed by atoms with Crippen LogP contribution in [0.1, 0.15) is 39.8 Å². The first-order chi connectivity index (χ1) is 17.0. The maximum atomic E-state index is 12.4. The molecule has 3 aromatic rings. The Kier molecular flexibility index (Phi) is 6.24. The van der Waals surface area contributed by atoms with Crippen LogP contribution in [0.3, 0.4) is 0 Å². The van der Waals surface area contributed by atoms with Crippen LogP contribution in [0.25, 0.3) is 11.1 Å². The second-order valence-electron chi connectivity index (χ2n) is 8.44. The summed E-state index contributed by atoms with van der Waals surface area (Å²) in [6, 6.07) is 18.6. The number of fused-ring (bicyclic) bond motifs is 3. The molecule has 0 unspecified atom stereocenters. The summed E-state index contributed by atoms with van der Waals surface area (Å²) in [7, 11) is 0. The lowest BCUT2D eigenvalue weighted by Gasteiger charge is -2.15. The van der Waals surface area contributed by atoms with Crippen LogP contribution < -0.4 is 10.6 Å². The minimum atomic E-state index is -1.12. The summed E-state index contributed by atoms with van der Waals surface area (Å²) in [6.45, 7) is 0.490. The van der Waals surface area contributed by atoms with Gasteiger partial charge in [-0.25, -0.2) is 9.59 Å². The zero-order valence-corrected chi connectivity index (χ0v) is 18.7. The Morgan fingerprint density at radius 1 is 0.971 bits per heavy atom. The standard InChI is InChI=1S/C26H24N2O7/c29-24(28-21-11-12-33-23(21)25(30)31)22-10-9-15(35-22)13-27-26(32)34-14-20-18-7-3-1-5-16(18)17-6-2-4-8-19(17)20/h1-10,20-21,23H,11-14H2,(H,27,32)(H,28,29)(H,30,31)/t21-,23+/m0/s1. The Morgan fingerprint density at radius 3 is 2.34 bits per heavy atom. The molecule has 1 aliphatic carbocycles. The summed E-state index contributed by atoms with van der Waals surface area (Å²) >= 11 is 0. The van der Waals surface area contributed by atoms with Gasteiger partial charge in [0.15, 0.2) is 11.9 Å². The van der Waals surface area contributed by atoms with E-state index in [-0.39, 0.29) is 31.4 Å². The van der Waals surface area contributed by atoms with Crippen molar-refractivity contribution in [2.24, 2.45) is 0 Å². The topological polar surface area (TPSA) is 127 Å². The van der Waals surface area contributed by atoms with E-state index < -0.39 is 30.1 Å². The van der Waals surface area contributed by atoms with Gasteiger partial charge in [0, 0.05) is 12.5 Å². The number of furan rings is 1. The Balaban J connectivity index is 1.14. The maximum Gasteiger partial charge on any atom is 0.407 e. The molecule has 5 rings (SSSR count). The molecule has 180 valence electrons. The zero-order valence-electron chi connectivity index (χ0n) is 18.7. The summed E-state index contributed by atoms with van der Waals surface area (Å²) in [5.41, 5.74) is 4.55. The molecule has 1 aliphatic heterocycles. The van der Waals surface area contributed by atoms with E-state index >= 15 is 0 Å². The molecule has 1 fully saturated rings. The fourth-order valence-corrected chi connectivity index (χ4v) is 4.62. The van der Waals surface area contributed by atoms with Crippen molar-refractivity contribution in [1.29, 1.82) is 0 Å². The van der Waals surface area contributed by atoms with Crippen LogP contribution in [0.5, 0.6) is 0 Å². The average molecular weight is 476 g/mol. The summed E-state index contributed by atoms with van der Waals surface area (Å²) in [6.07, 6.45) is -1.27. The van der Waals surface area contributed by atoms with E-state index in [0.717, 1.165) is 22.3 Å². The van der Waals surface area contributed by atoms with Crippen LogP contribution in [0, 0.1) is 0 Å². The second kappa shape index (κ2) is 9.63. The zero-order chi connectivity index (χ0) is 24.4. The number of alkyl carbamates (subject to hydrolysis) is 1. The largest absolute Gasteiger partial charge is 0.479 e. The van der Waals surface area contributed by atoms with E-state index in [1.165, 1.54) is 6.07 Å². The number of aliphatic carboxylic acids is 1. The number of ether oxygens (including phenoxy) is 2. The SMILES string of the molecule is O=C(NCc1ccc(C(=O)N[C@H]2CCO[C@H]2C(=O)O)o1)OCC1c2ccccc2-c2ccccc21. The number of hydrogen-bond acceptors (Lipinski definition) is 6. The second-order valence-corrected chi connectivity index (χ2v) is 8.44. The Hall–Kier alpha value is -4.11. The summed E-state index contributed by atoms with van der Waals surface area (Å²) < 4.78 is 16.1. The van der Waals surface area contributed by atoms with E-state index in [4.69, 9.17) is 19.0 Å². The lowest BCUT2D eigenvalue weighted by Crippen LogP contribution is -2.43. The smallest absolute Gasteiger partial charge is 0.407 e. The van der Waals surface area contributed by atoms with Crippen molar-refractivity contribution in [1.82, 2.24) is 10.6 Å². The van der Waals surface area contributed by atoms with E-state index in [9.17, 15) is 14.4 Å². The molecule has 2 atom stereocenters. The van der Waals surface area contributed by atoms with Crippen LogP contribution in [0.4, 0.5) is 4.79 Å². The van der Waals surface area contributed by atoms with Gasteiger partial charge in [0.2, 0.25) is 0 Å². The van der Waals surface area contributed by atoms with Crippen molar-refractivity contribution in [2.75, 3.05) is 13.2 Å². The monoisotopic (exact) mass is 476 g/mol. The predicted octanol–water partition coefficient (Wildman–Crippen LogP) is 3.29. The number of nitrogens with one attached hydrogen (secondary N) is 2. The van der Waals surface area contributed by atoms with Crippen molar-refractivity contribution in [3.63, 3.8) is 0 Å². The van der Waals surface area contributed by atoms with Gasteiger partial charge in [0.25, 0.3) is 5.91 Å². The fourth-order valence-electron chi connectivity index (χ4n) is 4.62. The van der Waals surface area contributed by atoms with Gasteiger partial charge in [-0.05, 0) is 40.8 Å². The Labute approximate surface area is 201 Å². The highest BCUT2D eigenvalue weighted by atomic mass is 16.5. The number of rotatable bonds is 7. The Morgan fingerprint density at radius 2 is 1.66 bits per heavy atom. The molecular formula is C26H24N2O7. The first kappa shape index (κ1) is 22.7. The fraction of sp³-hybridized carbons (Fsp3) is 0.269. The molecular weight excluding hydrogens is 452 g/mol. The molecule has 2 aliphatic rings. The quantitative estimate of drug-likeness (QED) is 0.478. The van der Waals surface area contributed by atoms with Crippen molar-refractivity contribution in [3.8, 4) is 11.1 Å². The van der Waals surface area contributed by atoms with Gasteiger partial charge >= 0.3 is 12.1 Å². The normalized spacial score (nSPS) is 18.5. The molecule has 0 radical (unpaired) electrons. The van der Waals surface area contributed by atoms with Crippen LogP contribution in [-0.4, -0.2) is 48.4 Å². The molecule has 0 saturated carbocycles. The molecule has 2 aromatic carbocycles. The van der Waals surface area contributed by atoms with Gasteiger partial charge < -0.3 is 29.6 Å². The summed E-state index contributed by atoms with van der Waals surface area (Å²) in [5, 5.41) is 14.4. The maximum absolute atomic E-state index is 12.4. The van der Waals surface area contributed by atoms with E-state index in [0.29, 0.717) is 12.2 Å². The molecule has 35 heavy (non-hydrogen) atoms. The molecule has 1 saturated heterocycles. The average Bonchev–Trinajstić information content (AvgIpc) is 3.59. The lowest BCUT2D eigenvalue weighted by atomic mass is 9.98. The summed E-state index contributed by atoms with van der Waals surface area (Å²) in [4.78, 5) is 35.9. The first-order valence-corrected chi connectivity index (χ1v) is 11.3. The van der Waals surface area contributed by atoms with Crippen LogP contribution in [0.15, 0.2) is 65.1 Å². The minimum absolute atomic E-state index is 0.0189. The summed E-state index contributed by atoms with van der Waals surface area (Å²) in [5.74, 6) is -1.33. The number of amides is 2. The van der Waals surface area contributed by atoms with Gasteiger partial charge in [-0.3, -0.25) is 4.79 Å². The highest BCUT2D eigenvalue weighted by Gasteiger charge is 2.35. The van der Waals surface area contributed by atoms with Crippen molar-refractivity contribution < 1.29 is 33.4 Å². The van der Waals surface area contributed by atoms with Gasteiger partial charge in [0.1, 0.15) is 12.4 Å². The van der Waals surface area contributed by atoms with Gasteiger partial charge in [-0.2, -0.15) is 0 Å². The third kappa shape index (κ3) is 4.63. The van der Waals surface area contributed by atoms with Crippen molar-refractivity contribution >= 4 is 18.0 Å². The number of carboxylic acid groups (broad SMARTS) is 1. The minimum Gasteiger partial charge on any atom is -0.479 e.